The molecular weight excluding hydrogens is 218 g/mol. The molecule has 0 rings (SSSR count). The van der Waals surface area contributed by atoms with Gasteiger partial charge in [0.15, 0.2) is 0 Å². The fraction of sp³-hybridized carbons (Fsp3) is 0.778. The molecule has 0 aromatic carbocycles. The molecule has 16 heavy (non-hydrogen) atoms. The normalized spacial score (nSPS) is 13.9. The molecule has 0 saturated carbocycles. The first-order chi connectivity index (χ1) is 7.54. The van der Waals surface area contributed by atoms with Gasteiger partial charge in [0.05, 0.1) is 13.5 Å². The predicted octanol–water partition coefficient (Wildman–Crippen LogP) is -0.360. The fourth-order valence-corrected chi connectivity index (χ4v) is 1.40. The number of esters is 1. The summed E-state index contributed by atoms with van der Waals surface area (Å²) < 4.78 is 4.39. The average molecular weight is 233 g/mol. The van der Waals surface area contributed by atoms with Crippen LogP contribution < -0.4 is 0 Å². The number of aliphatic hydroxyl groups is 1. The van der Waals surface area contributed by atoms with Crippen LogP contribution >= 0.6 is 0 Å². The van der Waals surface area contributed by atoms with Gasteiger partial charge < -0.3 is 14.6 Å². The summed E-state index contributed by atoms with van der Waals surface area (Å²) >= 11 is 0. The molecule has 1 N–H and O–H groups in total. The molecular formula is C9H15NO6. The summed E-state index contributed by atoms with van der Waals surface area (Å²) in [6.45, 7) is -0.703. The van der Waals surface area contributed by atoms with Crippen molar-refractivity contribution in [1.82, 2.24) is 0 Å². The van der Waals surface area contributed by atoms with Gasteiger partial charge in [-0.1, -0.05) is 0 Å². The van der Waals surface area contributed by atoms with Crippen LogP contribution in [0.2, 0.25) is 0 Å². The quantitative estimate of drug-likeness (QED) is 0.265. The third-order valence-corrected chi connectivity index (χ3v) is 2.29. The number of nitrogens with zero attached hydrogens (tertiary/aromatic N) is 1. The lowest BCUT2D eigenvalue weighted by Crippen LogP contribution is -2.27. The van der Waals surface area contributed by atoms with Crippen LogP contribution in [0.25, 0.3) is 0 Å². The summed E-state index contributed by atoms with van der Waals surface area (Å²) in [5.74, 6) is -2.02. The van der Waals surface area contributed by atoms with E-state index in [1.54, 1.807) is 0 Å². The minimum atomic E-state index is -0.787. The molecule has 7 nitrogen and oxygen atoms in total. The highest BCUT2D eigenvalue weighted by molar-refractivity contribution is 5.73. The van der Waals surface area contributed by atoms with E-state index in [4.69, 9.17) is 5.11 Å². The van der Waals surface area contributed by atoms with E-state index in [9.17, 15) is 19.7 Å². The molecule has 0 aliphatic heterocycles. The number of carbonyl (C=O) groups is 2. The Morgan fingerprint density at radius 3 is 2.62 bits per heavy atom. The number of carbonyl (C=O) groups excluding carboxylic acids is 2. The zero-order chi connectivity index (χ0) is 12.6. The molecule has 0 amide bonds. The van der Waals surface area contributed by atoms with Gasteiger partial charge in [-0.2, -0.15) is 0 Å². The highest BCUT2D eigenvalue weighted by Gasteiger charge is 2.27. The number of nitro groups is 1. The third kappa shape index (κ3) is 5.40. The molecule has 0 fully saturated rings. The average Bonchev–Trinajstić information content (AvgIpc) is 2.24. The zero-order valence-corrected chi connectivity index (χ0v) is 9.00. The van der Waals surface area contributed by atoms with E-state index in [0.717, 1.165) is 0 Å². The van der Waals surface area contributed by atoms with Gasteiger partial charge in [0.1, 0.15) is 6.29 Å². The van der Waals surface area contributed by atoms with Gasteiger partial charge >= 0.3 is 5.97 Å². The van der Waals surface area contributed by atoms with Crippen LogP contribution in [0.15, 0.2) is 0 Å². The molecule has 0 aliphatic rings. The molecule has 7 heteroatoms. The van der Waals surface area contributed by atoms with E-state index in [2.05, 4.69) is 4.74 Å². The monoisotopic (exact) mass is 233 g/mol. The number of rotatable bonds is 8. The van der Waals surface area contributed by atoms with Gasteiger partial charge in [0, 0.05) is 23.4 Å². The predicted molar refractivity (Wildman–Crippen MR) is 53.2 cm³/mol. The van der Waals surface area contributed by atoms with Crippen LogP contribution in [0.1, 0.15) is 12.8 Å². The lowest BCUT2D eigenvalue weighted by atomic mass is 9.88. The van der Waals surface area contributed by atoms with Gasteiger partial charge in [-0.3, -0.25) is 14.9 Å². The molecule has 0 aliphatic carbocycles. The van der Waals surface area contributed by atoms with E-state index in [-0.39, 0.29) is 19.4 Å². The summed E-state index contributed by atoms with van der Waals surface area (Å²) in [6.07, 6.45) is 0.417. The third-order valence-electron chi connectivity index (χ3n) is 2.29. The van der Waals surface area contributed by atoms with Gasteiger partial charge in [-0.25, -0.2) is 0 Å². The number of hydrogen-bond donors (Lipinski definition) is 1. The Bertz CT molecular complexity index is 254. The Kier molecular flexibility index (Phi) is 7.02. The Morgan fingerprint density at radius 2 is 2.25 bits per heavy atom. The minimum absolute atomic E-state index is 0.112. The largest absolute Gasteiger partial charge is 0.469 e. The van der Waals surface area contributed by atoms with Crippen molar-refractivity contribution in [1.29, 1.82) is 0 Å². The number of ether oxygens (including phenoxy) is 1. The molecule has 0 aromatic rings. The van der Waals surface area contributed by atoms with Gasteiger partial charge in [0.25, 0.3) is 0 Å². The summed E-state index contributed by atoms with van der Waals surface area (Å²) in [4.78, 5) is 31.5. The molecule has 92 valence electrons. The van der Waals surface area contributed by atoms with Crippen LogP contribution in [-0.2, 0) is 14.3 Å². The molecule has 0 bridgehead atoms. The van der Waals surface area contributed by atoms with Gasteiger partial charge in [0.2, 0.25) is 6.54 Å². The Labute approximate surface area is 92.5 Å². The van der Waals surface area contributed by atoms with E-state index >= 15 is 0 Å². The van der Waals surface area contributed by atoms with E-state index in [1.807, 2.05) is 0 Å². The van der Waals surface area contributed by atoms with Crippen molar-refractivity contribution in [2.24, 2.45) is 11.8 Å². The first-order valence-corrected chi connectivity index (χ1v) is 4.79. The second-order valence-corrected chi connectivity index (χ2v) is 3.37. The van der Waals surface area contributed by atoms with Crippen molar-refractivity contribution in [2.75, 3.05) is 20.3 Å². The van der Waals surface area contributed by atoms with Crippen LogP contribution in [0.4, 0.5) is 0 Å². The van der Waals surface area contributed by atoms with E-state index in [0.29, 0.717) is 6.29 Å². The van der Waals surface area contributed by atoms with Crippen molar-refractivity contribution in [3.05, 3.63) is 10.1 Å². The van der Waals surface area contributed by atoms with Crippen LogP contribution in [0.3, 0.4) is 0 Å². The van der Waals surface area contributed by atoms with Gasteiger partial charge in [-0.05, 0) is 6.42 Å². The number of hydrogen-bond acceptors (Lipinski definition) is 6. The van der Waals surface area contributed by atoms with Crippen molar-refractivity contribution < 1.29 is 24.4 Å². The summed E-state index contributed by atoms with van der Waals surface area (Å²) in [7, 11) is 1.18. The topological polar surface area (TPSA) is 107 Å². The smallest absolute Gasteiger partial charge is 0.306 e. The number of aldehydes is 1. The molecule has 0 aromatic heterocycles. The molecule has 0 radical (unpaired) electrons. The maximum Gasteiger partial charge on any atom is 0.306 e. The van der Waals surface area contributed by atoms with E-state index < -0.39 is 29.3 Å². The molecule has 2 atom stereocenters. The maximum atomic E-state index is 11.0. The van der Waals surface area contributed by atoms with Crippen LogP contribution in [0.5, 0.6) is 0 Å². The molecule has 0 heterocycles. The van der Waals surface area contributed by atoms with Crippen molar-refractivity contribution in [2.45, 2.75) is 12.8 Å². The summed E-state index contributed by atoms with van der Waals surface area (Å²) in [5.41, 5.74) is 0. The first kappa shape index (κ1) is 14.5. The van der Waals surface area contributed by atoms with Crippen molar-refractivity contribution in [3.63, 3.8) is 0 Å². The molecule has 0 saturated heterocycles. The lowest BCUT2D eigenvalue weighted by molar-refractivity contribution is -0.489. The highest BCUT2D eigenvalue weighted by Crippen LogP contribution is 2.18. The SMILES string of the molecule is COC(=O)CC(C=O)C(CCO)C[N+](=O)[O-]. The number of aliphatic hydroxyl groups excluding tert-OH is 1. The Morgan fingerprint density at radius 1 is 1.62 bits per heavy atom. The standard InChI is InChI=1S/C9H15NO6/c1-16-9(13)4-8(6-12)7(2-3-11)5-10(14)15/h6-8,11H,2-5H2,1H3. The van der Waals surface area contributed by atoms with Crippen molar-refractivity contribution >= 4 is 12.3 Å². The highest BCUT2D eigenvalue weighted by atomic mass is 16.6. The van der Waals surface area contributed by atoms with Crippen LogP contribution in [-0.4, -0.2) is 42.5 Å². The fourth-order valence-electron chi connectivity index (χ4n) is 1.40. The minimum Gasteiger partial charge on any atom is -0.469 e. The summed E-state index contributed by atoms with van der Waals surface area (Å²) in [6, 6.07) is 0. The molecule has 2 unspecified atom stereocenters. The maximum absolute atomic E-state index is 11.0. The first-order valence-electron chi connectivity index (χ1n) is 4.79. The summed E-state index contributed by atoms with van der Waals surface area (Å²) in [5, 5.41) is 19.1. The Balaban J connectivity index is 4.49. The van der Waals surface area contributed by atoms with Crippen LogP contribution in [0, 0.1) is 22.0 Å². The second kappa shape index (κ2) is 7.75. The van der Waals surface area contributed by atoms with Gasteiger partial charge in [-0.15, -0.1) is 0 Å². The Hall–Kier alpha value is -1.50. The van der Waals surface area contributed by atoms with E-state index in [1.165, 1.54) is 7.11 Å². The second-order valence-electron chi connectivity index (χ2n) is 3.37. The van der Waals surface area contributed by atoms with Crippen molar-refractivity contribution in [3.8, 4) is 0 Å². The molecule has 0 spiro atoms. The number of methoxy groups -OCH3 is 1. The lowest BCUT2D eigenvalue weighted by Gasteiger charge is -2.17. The zero-order valence-electron chi connectivity index (χ0n) is 9.00.